The molecule has 0 radical (unpaired) electrons. The van der Waals surface area contributed by atoms with Gasteiger partial charge < -0.3 is 9.80 Å². The van der Waals surface area contributed by atoms with Gasteiger partial charge in [0, 0.05) is 37.4 Å². The number of carbonyl (C=O) groups excluding carboxylic acids is 2. The summed E-state index contributed by atoms with van der Waals surface area (Å²) in [5, 5.41) is -0.428. The third-order valence-electron chi connectivity index (χ3n) is 4.05. The molecule has 114 valence electrons. The topological polar surface area (TPSA) is 40.6 Å². The molecular weight excluding hydrogens is 288 g/mol. The summed E-state index contributed by atoms with van der Waals surface area (Å²) in [6.07, 6.45) is 0.208. The first-order valence-corrected chi connectivity index (χ1v) is 7.71. The molecule has 0 N–H and O–H groups in total. The van der Waals surface area contributed by atoms with Crippen LogP contribution in [0.1, 0.15) is 25.8 Å². The predicted molar refractivity (Wildman–Crippen MR) is 86.1 cm³/mol. The average Bonchev–Trinajstić information content (AvgIpc) is 2.83. The van der Waals surface area contributed by atoms with Crippen molar-refractivity contribution in [3.63, 3.8) is 0 Å². The maximum absolute atomic E-state index is 12.1. The van der Waals surface area contributed by atoms with E-state index in [2.05, 4.69) is 24.8 Å². The van der Waals surface area contributed by atoms with Crippen molar-refractivity contribution in [1.82, 2.24) is 0 Å². The van der Waals surface area contributed by atoms with Crippen LogP contribution in [-0.2, 0) is 9.59 Å². The minimum atomic E-state index is -0.428. The molecule has 1 aromatic rings. The lowest BCUT2D eigenvalue weighted by Crippen LogP contribution is -2.26. The Kier molecular flexibility index (Phi) is 4.88. The van der Waals surface area contributed by atoms with Crippen molar-refractivity contribution in [2.75, 3.05) is 29.4 Å². The number of halogens is 1. The fourth-order valence-corrected chi connectivity index (χ4v) is 2.97. The zero-order valence-corrected chi connectivity index (χ0v) is 13.5. The molecule has 1 aliphatic heterocycles. The minimum absolute atomic E-state index is 0.0345. The molecule has 1 amide bonds. The SMILES string of the molecule is CCN(CC)c1ccc(N2CC(C(=O)Cl)CC2=O)c(C)c1. The molecule has 2 rings (SSSR count). The Balaban J connectivity index is 2.25. The van der Waals surface area contributed by atoms with Gasteiger partial charge in [0.15, 0.2) is 0 Å². The van der Waals surface area contributed by atoms with E-state index in [1.165, 1.54) is 0 Å². The van der Waals surface area contributed by atoms with E-state index in [-0.39, 0.29) is 18.2 Å². The highest BCUT2D eigenvalue weighted by molar-refractivity contribution is 6.64. The van der Waals surface area contributed by atoms with Crippen LogP contribution in [0.3, 0.4) is 0 Å². The van der Waals surface area contributed by atoms with Gasteiger partial charge in [-0.15, -0.1) is 0 Å². The number of amides is 1. The first-order valence-electron chi connectivity index (χ1n) is 7.33. The van der Waals surface area contributed by atoms with Crippen molar-refractivity contribution in [1.29, 1.82) is 0 Å². The number of hydrogen-bond donors (Lipinski definition) is 0. The van der Waals surface area contributed by atoms with E-state index in [1.54, 1.807) is 4.90 Å². The van der Waals surface area contributed by atoms with Gasteiger partial charge in [-0.25, -0.2) is 0 Å². The Morgan fingerprint density at radius 2 is 2.05 bits per heavy atom. The molecule has 21 heavy (non-hydrogen) atoms. The summed E-state index contributed by atoms with van der Waals surface area (Å²) in [5.41, 5.74) is 3.06. The number of benzene rings is 1. The normalized spacial score (nSPS) is 18.2. The quantitative estimate of drug-likeness (QED) is 0.785. The minimum Gasteiger partial charge on any atom is -0.372 e. The maximum atomic E-state index is 12.1. The van der Waals surface area contributed by atoms with Gasteiger partial charge in [0.2, 0.25) is 11.1 Å². The molecule has 1 atom stereocenters. The van der Waals surface area contributed by atoms with Crippen LogP contribution in [0.5, 0.6) is 0 Å². The van der Waals surface area contributed by atoms with Crippen LogP contribution < -0.4 is 9.80 Å². The highest BCUT2D eigenvalue weighted by Crippen LogP contribution is 2.31. The second-order valence-electron chi connectivity index (χ2n) is 5.35. The average molecular weight is 309 g/mol. The Bertz CT molecular complexity index is 555. The number of anilines is 2. The molecule has 0 bridgehead atoms. The maximum Gasteiger partial charge on any atom is 0.227 e. The van der Waals surface area contributed by atoms with Crippen LogP contribution in [-0.4, -0.2) is 30.8 Å². The summed E-state index contributed by atoms with van der Waals surface area (Å²) in [7, 11) is 0. The van der Waals surface area contributed by atoms with Gasteiger partial charge >= 0.3 is 0 Å². The van der Waals surface area contributed by atoms with Crippen molar-refractivity contribution in [2.24, 2.45) is 5.92 Å². The summed E-state index contributed by atoms with van der Waals surface area (Å²) in [5.74, 6) is -0.422. The molecular formula is C16H21ClN2O2. The fourth-order valence-electron chi connectivity index (χ4n) is 2.82. The van der Waals surface area contributed by atoms with Crippen LogP contribution in [0.4, 0.5) is 11.4 Å². The lowest BCUT2D eigenvalue weighted by atomic mass is 10.1. The van der Waals surface area contributed by atoms with E-state index < -0.39 is 5.24 Å². The van der Waals surface area contributed by atoms with Crippen LogP contribution in [0.25, 0.3) is 0 Å². The summed E-state index contributed by atoms with van der Waals surface area (Å²) >= 11 is 5.52. The van der Waals surface area contributed by atoms with E-state index in [9.17, 15) is 9.59 Å². The summed E-state index contributed by atoms with van der Waals surface area (Å²) in [6, 6.07) is 6.08. The van der Waals surface area contributed by atoms with Crippen molar-refractivity contribution in [3.05, 3.63) is 23.8 Å². The van der Waals surface area contributed by atoms with Crippen molar-refractivity contribution >= 4 is 34.1 Å². The predicted octanol–water partition coefficient (Wildman–Crippen LogP) is 2.96. The van der Waals surface area contributed by atoms with Gasteiger partial charge in [0.1, 0.15) is 0 Å². The van der Waals surface area contributed by atoms with Crippen LogP contribution in [0.15, 0.2) is 18.2 Å². The molecule has 1 fully saturated rings. The molecule has 5 heteroatoms. The van der Waals surface area contributed by atoms with Gasteiger partial charge in [-0.2, -0.15) is 0 Å². The van der Waals surface area contributed by atoms with E-state index in [0.29, 0.717) is 6.54 Å². The van der Waals surface area contributed by atoms with Crippen LogP contribution in [0, 0.1) is 12.8 Å². The van der Waals surface area contributed by atoms with E-state index in [4.69, 9.17) is 11.6 Å². The lowest BCUT2D eigenvalue weighted by Gasteiger charge is -2.24. The molecule has 1 saturated heterocycles. The molecule has 1 aliphatic rings. The molecule has 1 aromatic carbocycles. The number of nitrogens with zero attached hydrogens (tertiary/aromatic N) is 2. The summed E-state index contributed by atoms with van der Waals surface area (Å²) < 4.78 is 0. The second-order valence-corrected chi connectivity index (χ2v) is 5.73. The van der Waals surface area contributed by atoms with Crippen molar-refractivity contribution < 1.29 is 9.59 Å². The van der Waals surface area contributed by atoms with Gasteiger partial charge in [-0.05, 0) is 56.1 Å². The van der Waals surface area contributed by atoms with Gasteiger partial charge in [0.25, 0.3) is 0 Å². The number of aryl methyl sites for hydroxylation is 1. The molecule has 4 nitrogen and oxygen atoms in total. The van der Waals surface area contributed by atoms with Crippen molar-refractivity contribution in [3.8, 4) is 0 Å². The van der Waals surface area contributed by atoms with E-state index >= 15 is 0 Å². The van der Waals surface area contributed by atoms with Crippen molar-refractivity contribution in [2.45, 2.75) is 27.2 Å². The molecule has 0 aliphatic carbocycles. The lowest BCUT2D eigenvalue weighted by molar-refractivity contribution is -0.120. The molecule has 1 unspecified atom stereocenters. The standard InChI is InChI=1S/C16H21ClN2O2/c1-4-18(5-2)13-6-7-14(11(3)8-13)19-10-12(16(17)21)9-15(19)20/h6-8,12H,4-5,9-10H2,1-3H3. The molecule has 0 spiro atoms. The number of rotatable bonds is 5. The first kappa shape index (κ1) is 15.8. The smallest absolute Gasteiger partial charge is 0.227 e. The van der Waals surface area contributed by atoms with E-state index in [0.717, 1.165) is 30.0 Å². The molecule has 0 aromatic heterocycles. The third kappa shape index (κ3) is 3.21. The fraction of sp³-hybridized carbons (Fsp3) is 0.500. The molecule has 0 saturated carbocycles. The second kappa shape index (κ2) is 6.48. The van der Waals surface area contributed by atoms with E-state index in [1.807, 2.05) is 19.1 Å². The monoisotopic (exact) mass is 308 g/mol. The Hall–Kier alpha value is -1.55. The highest BCUT2D eigenvalue weighted by atomic mass is 35.5. The third-order valence-corrected chi connectivity index (χ3v) is 4.35. The van der Waals surface area contributed by atoms with Crippen LogP contribution in [0.2, 0.25) is 0 Å². The highest BCUT2D eigenvalue weighted by Gasteiger charge is 2.34. The number of hydrogen-bond acceptors (Lipinski definition) is 3. The van der Waals surface area contributed by atoms with Crippen LogP contribution >= 0.6 is 11.6 Å². The Labute approximate surface area is 130 Å². The van der Waals surface area contributed by atoms with Gasteiger partial charge in [-0.1, -0.05) is 0 Å². The van der Waals surface area contributed by atoms with Gasteiger partial charge in [0.05, 0.1) is 5.92 Å². The Morgan fingerprint density at radius 1 is 1.38 bits per heavy atom. The number of carbonyl (C=O) groups is 2. The summed E-state index contributed by atoms with van der Waals surface area (Å²) in [4.78, 5) is 27.3. The first-order chi connectivity index (χ1) is 9.97. The van der Waals surface area contributed by atoms with Gasteiger partial charge in [-0.3, -0.25) is 9.59 Å². The largest absolute Gasteiger partial charge is 0.372 e. The molecule has 1 heterocycles. The summed E-state index contributed by atoms with van der Waals surface area (Å²) in [6.45, 7) is 8.50. The zero-order chi connectivity index (χ0) is 15.6. The Morgan fingerprint density at radius 3 is 2.52 bits per heavy atom. The zero-order valence-electron chi connectivity index (χ0n) is 12.7.